The molecule has 4 aromatic carbocycles. The van der Waals surface area contributed by atoms with Gasteiger partial charge in [-0.25, -0.2) is 4.79 Å². The van der Waals surface area contributed by atoms with Crippen molar-refractivity contribution in [1.82, 2.24) is 16.0 Å². The van der Waals surface area contributed by atoms with Crippen molar-refractivity contribution < 1.29 is 19.1 Å². The summed E-state index contributed by atoms with van der Waals surface area (Å²) in [4.78, 5) is 40.2. The average molecular weight is 592 g/mol. The van der Waals surface area contributed by atoms with Crippen LogP contribution in [0.4, 0.5) is 4.79 Å². The molecule has 7 nitrogen and oxygen atoms in total. The van der Waals surface area contributed by atoms with Crippen molar-refractivity contribution in [3.8, 4) is 0 Å². The van der Waals surface area contributed by atoms with Gasteiger partial charge >= 0.3 is 6.09 Å². The smallest absolute Gasteiger partial charge is 0.408 e. The van der Waals surface area contributed by atoms with Crippen LogP contribution in [0.1, 0.15) is 55.0 Å². The van der Waals surface area contributed by atoms with Gasteiger partial charge in [-0.05, 0) is 56.4 Å². The molecule has 0 radical (unpaired) electrons. The fourth-order valence-electron chi connectivity index (χ4n) is 5.09. The highest BCUT2D eigenvalue weighted by atomic mass is 16.6. The van der Waals surface area contributed by atoms with Crippen LogP contribution in [0.3, 0.4) is 0 Å². The molecule has 0 saturated heterocycles. The second-order valence-corrected chi connectivity index (χ2v) is 11.8. The molecule has 0 aliphatic rings. The molecule has 0 aliphatic heterocycles. The Hall–Kier alpha value is -4.91. The molecule has 0 saturated carbocycles. The predicted molar refractivity (Wildman–Crippen MR) is 173 cm³/mol. The molecule has 44 heavy (non-hydrogen) atoms. The average Bonchev–Trinajstić information content (AvgIpc) is 3.01. The molecule has 228 valence electrons. The maximum absolute atomic E-state index is 14.0. The highest BCUT2D eigenvalue weighted by Gasteiger charge is 2.39. The number of nitrogens with one attached hydrogen (secondary N) is 3. The van der Waals surface area contributed by atoms with Gasteiger partial charge in [-0.2, -0.15) is 0 Å². The third-order valence-corrected chi connectivity index (χ3v) is 7.18. The van der Waals surface area contributed by atoms with Gasteiger partial charge in [0.05, 0.1) is 6.42 Å². The molecule has 0 aliphatic carbocycles. The Morgan fingerprint density at radius 1 is 0.705 bits per heavy atom. The normalized spacial score (nSPS) is 12.1. The molecule has 7 heteroatoms. The third-order valence-electron chi connectivity index (χ3n) is 7.18. The first-order chi connectivity index (χ1) is 21.1. The highest BCUT2D eigenvalue weighted by Crippen LogP contribution is 2.36. The third kappa shape index (κ3) is 8.57. The van der Waals surface area contributed by atoms with E-state index in [2.05, 4.69) is 16.0 Å². The Morgan fingerprint density at radius 2 is 1.18 bits per heavy atom. The Bertz CT molecular complexity index is 1420. The minimum absolute atomic E-state index is 0.302. The van der Waals surface area contributed by atoms with Crippen molar-refractivity contribution in [3.63, 3.8) is 0 Å². The van der Waals surface area contributed by atoms with E-state index in [0.29, 0.717) is 13.0 Å². The van der Waals surface area contributed by atoms with Gasteiger partial charge in [-0.15, -0.1) is 0 Å². The summed E-state index contributed by atoms with van der Waals surface area (Å²) in [6, 6.07) is 36.0. The molecule has 4 aromatic rings. The lowest BCUT2D eigenvalue weighted by Crippen LogP contribution is -2.53. The van der Waals surface area contributed by atoms with Gasteiger partial charge in [0.2, 0.25) is 11.8 Å². The van der Waals surface area contributed by atoms with E-state index in [1.807, 2.05) is 122 Å². The van der Waals surface area contributed by atoms with Gasteiger partial charge in [-0.1, -0.05) is 121 Å². The molecule has 1 atom stereocenters. The van der Waals surface area contributed by atoms with Crippen molar-refractivity contribution in [3.05, 3.63) is 143 Å². The molecular formula is C37H41N3O4. The van der Waals surface area contributed by atoms with Crippen LogP contribution in [-0.2, 0) is 26.3 Å². The lowest BCUT2D eigenvalue weighted by molar-refractivity contribution is -0.129. The summed E-state index contributed by atoms with van der Waals surface area (Å²) in [6.45, 7) is 7.58. The first-order valence-electron chi connectivity index (χ1n) is 14.9. The number of hydrogen-bond donors (Lipinski definition) is 3. The fourth-order valence-corrected chi connectivity index (χ4v) is 5.09. The number of alkyl carbamates (subject to hydrolysis) is 1. The van der Waals surface area contributed by atoms with Crippen molar-refractivity contribution in [2.45, 2.75) is 57.7 Å². The fraction of sp³-hybridized carbons (Fsp3) is 0.270. The Labute approximate surface area is 260 Å². The molecule has 0 spiro atoms. The summed E-state index contributed by atoms with van der Waals surface area (Å²) in [6.07, 6.45) is -0.468. The topological polar surface area (TPSA) is 96.5 Å². The Balaban J connectivity index is 1.62. The van der Waals surface area contributed by atoms with E-state index < -0.39 is 35.1 Å². The van der Waals surface area contributed by atoms with Crippen LogP contribution >= 0.6 is 0 Å². The molecule has 3 N–H and O–H groups in total. The highest BCUT2D eigenvalue weighted by molar-refractivity contribution is 5.91. The van der Waals surface area contributed by atoms with Crippen LogP contribution < -0.4 is 16.0 Å². The van der Waals surface area contributed by atoms with Crippen molar-refractivity contribution in [1.29, 1.82) is 0 Å². The molecule has 4 rings (SSSR count). The molecule has 0 aromatic heterocycles. The van der Waals surface area contributed by atoms with E-state index in [0.717, 1.165) is 27.8 Å². The van der Waals surface area contributed by atoms with Crippen LogP contribution in [0, 0.1) is 6.92 Å². The molecule has 0 bridgehead atoms. The second-order valence-electron chi connectivity index (χ2n) is 11.8. The molecule has 0 fully saturated rings. The zero-order valence-corrected chi connectivity index (χ0v) is 25.8. The number of amides is 3. The predicted octanol–water partition coefficient (Wildman–Crippen LogP) is 6.05. The van der Waals surface area contributed by atoms with E-state index in [9.17, 15) is 14.4 Å². The number of carbonyl (C=O) groups is 3. The van der Waals surface area contributed by atoms with E-state index >= 15 is 0 Å². The SMILES string of the molecule is Cc1ccc(CCNC(=O)[C@@H](CC(=O)NC(c2ccccc2)(c2ccccc2)c2ccccc2)NC(=O)OC(C)(C)C)cc1. The van der Waals surface area contributed by atoms with Gasteiger partial charge in [-0.3, -0.25) is 9.59 Å². The lowest BCUT2D eigenvalue weighted by atomic mass is 9.77. The Kier molecular flexibility index (Phi) is 10.6. The molecule has 0 unspecified atom stereocenters. The largest absolute Gasteiger partial charge is 0.444 e. The molecule has 0 heterocycles. The van der Waals surface area contributed by atoms with Crippen molar-refractivity contribution in [2.75, 3.05) is 6.54 Å². The van der Waals surface area contributed by atoms with Gasteiger partial charge in [0.25, 0.3) is 0 Å². The van der Waals surface area contributed by atoms with Gasteiger partial charge in [0.15, 0.2) is 0 Å². The maximum Gasteiger partial charge on any atom is 0.408 e. The summed E-state index contributed by atoms with van der Waals surface area (Å²) in [5, 5.41) is 8.78. The summed E-state index contributed by atoms with van der Waals surface area (Å²) in [7, 11) is 0. The number of ether oxygens (including phenoxy) is 1. The van der Waals surface area contributed by atoms with Crippen LogP contribution in [0.25, 0.3) is 0 Å². The zero-order valence-electron chi connectivity index (χ0n) is 25.8. The van der Waals surface area contributed by atoms with Gasteiger partial charge < -0.3 is 20.7 Å². The van der Waals surface area contributed by atoms with Crippen LogP contribution in [0.2, 0.25) is 0 Å². The van der Waals surface area contributed by atoms with Crippen molar-refractivity contribution >= 4 is 17.9 Å². The zero-order chi connectivity index (χ0) is 31.6. The van der Waals surface area contributed by atoms with Gasteiger partial charge in [0, 0.05) is 6.54 Å². The molecule has 3 amide bonds. The minimum atomic E-state index is -1.16. The monoisotopic (exact) mass is 591 g/mol. The van der Waals surface area contributed by atoms with E-state index in [1.165, 1.54) is 0 Å². The van der Waals surface area contributed by atoms with Crippen molar-refractivity contribution in [2.24, 2.45) is 0 Å². The van der Waals surface area contributed by atoms with Crippen LogP contribution in [0.15, 0.2) is 115 Å². The lowest BCUT2D eigenvalue weighted by Gasteiger charge is -2.37. The van der Waals surface area contributed by atoms with Gasteiger partial charge in [0.1, 0.15) is 17.2 Å². The number of rotatable bonds is 11. The first-order valence-corrected chi connectivity index (χ1v) is 14.9. The summed E-state index contributed by atoms with van der Waals surface area (Å²) in [5.74, 6) is -0.890. The van der Waals surface area contributed by atoms with E-state index in [1.54, 1.807) is 20.8 Å². The quantitative estimate of drug-likeness (QED) is 0.185. The number of benzene rings is 4. The summed E-state index contributed by atoms with van der Waals surface area (Å²) in [5.41, 5.74) is 2.95. The first kappa shape index (κ1) is 32.0. The second kappa shape index (κ2) is 14.5. The Morgan fingerprint density at radius 3 is 1.64 bits per heavy atom. The summed E-state index contributed by atoms with van der Waals surface area (Å²) >= 11 is 0. The van der Waals surface area contributed by atoms with E-state index in [4.69, 9.17) is 4.74 Å². The maximum atomic E-state index is 14.0. The van der Waals surface area contributed by atoms with Crippen LogP contribution in [0.5, 0.6) is 0 Å². The van der Waals surface area contributed by atoms with Crippen LogP contribution in [-0.4, -0.2) is 36.1 Å². The number of hydrogen-bond acceptors (Lipinski definition) is 4. The van der Waals surface area contributed by atoms with E-state index in [-0.39, 0.29) is 6.42 Å². The standard InChI is InChI=1S/C37H41N3O4/c1-27-20-22-28(23-21-27)24-25-38-34(42)32(39-35(43)44-36(2,3)4)26-33(41)40-37(29-14-8-5-9-15-29,30-16-10-6-11-17-30)31-18-12-7-13-19-31/h5-23,32H,24-26H2,1-4H3,(H,38,42)(H,39,43)(H,40,41)/t32-/m1/s1. The number of aryl methyl sites for hydroxylation is 1. The molecular weight excluding hydrogens is 550 g/mol. The number of carbonyl (C=O) groups excluding carboxylic acids is 3. The minimum Gasteiger partial charge on any atom is -0.444 e. The summed E-state index contributed by atoms with van der Waals surface area (Å²) < 4.78 is 5.43.